The van der Waals surface area contributed by atoms with E-state index in [4.69, 9.17) is 34.6 Å². The second-order valence-electron chi connectivity index (χ2n) is 12.4. The third-order valence-electron chi connectivity index (χ3n) is 8.61. The molecule has 0 aliphatic carbocycles. The van der Waals surface area contributed by atoms with Crippen LogP contribution in [0.15, 0.2) is 127 Å². The quantitative estimate of drug-likeness (QED) is 0.164. The zero-order valence-electron chi connectivity index (χ0n) is 28.4. The summed E-state index contributed by atoms with van der Waals surface area (Å²) in [6.07, 6.45) is 0. The summed E-state index contributed by atoms with van der Waals surface area (Å²) in [5, 5.41) is 1.81. The highest BCUT2D eigenvalue weighted by molar-refractivity contribution is 5.85. The van der Waals surface area contributed by atoms with E-state index in [2.05, 4.69) is 43.9 Å². The summed E-state index contributed by atoms with van der Waals surface area (Å²) >= 11 is 0. The molecule has 0 bridgehead atoms. The van der Waals surface area contributed by atoms with Crippen molar-refractivity contribution in [2.75, 3.05) is 0 Å². The number of aromatic nitrogens is 6. The fourth-order valence-electron chi connectivity index (χ4n) is 6.00. The molecule has 0 fully saturated rings. The van der Waals surface area contributed by atoms with Gasteiger partial charge >= 0.3 is 0 Å². The van der Waals surface area contributed by atoms with Crippen LogP contribution in [0.3, 0.4) is 0 Å². The van der Waals surface area contributed by atoms with Crippen LogP contribution in [-0.2, 0) is 6.61 Å². The molecule has 0 amide bonds. The van der Waals surface area contributed by atoms with Crippen LogP contribution in [0.1, 0.15) is 33.6 Å². The number of pyridine rings is 2. The molecule has 7 nitrogen and oxygen atoms in total. The minimum Gasteiger partial charge on any atom is -0.472 e. The lowest BCUT2D eigenvalue weighted by Crippen LogP contribution is -2.04. The molecule has 244 valence electrons. The van der Waals surface area contributed by atoms with Gasteiger partial charge in [-0.3, -0.25) is 0 Å². The number of hydrogen-bond donors (Lipinski definition) is 0. The minimum absolute atomic E-state index is 0.207. The second-order valence-corrected chi connectivity index (χ2v) is 12.4. The lowest BCUT2D eigenvalue weighted by atomic mass is 10.0. The molecule has 4 heterocycles. The number of fused-ring (bicyclic) bond motifs is 2. The first kappa shape index (κ1) is 31.5. The topological polar surface area (TPSA) is 86.6 Å². The van der Waals surface area contributed by atoms with Gasteiger partial charge in [0.25, 0.3) is 0 Å². The summed E-state index contributed by atoms with van der Waals surface area (Å²) in [4.78, 5) is 29.4. The van der Waals surface area contributed by atoms with Gasteiger partial charge < -0.3 is 4.74 Å². The lowest BCUT2D eigenvalue weighted by Gasteiger charge is -2.12. The van der Waals surface area contributed by atoms with E-state index < -0.39 is 0 Å². The first-order chi connectivity index (χ1) is 25.0. The number of rotatable bonds is 6. The Labute approximate surface area is 296 Å². The summed E-state index contributed by atoms with van der Waals surface area (Å²) in [6, 6.07) is 41.9. The molecule has 0 atom stereocenters. The maximum absolute atomic E-state index is 6.52. The highest BCUT2D eigenvalue weighted by atomic mass is 16.5. The van der Waals surface area contributed by atoms with Crippen molar-refractivity contribution in [1.82, 2.24) is 29.9 Å². The van der Waals surface area contributed by atoms with Gasteiger partial charge in [0.05, 0.1) is 22.1 Å². The predicted molar refractivity (Wildman–Crippen MR) is 202 cm³/mol. The molecule has 0 N–H and O–H groups in total. The van der Waals surface area contributed by atoms with Gasteiger partial charge in [0.1, 0.15) is 23.7 Å². The number of aryl methyl sites for hydroxylation is 3. The van der Waals surface area contributed by atoms with Crippen LogP contribution >= 0.6 is 0 Å². The molecule has 0 saturated heterocycles. The van der Waals surface area contributed by atoms with Gasteiger partial charge in [0, 0.05) is 22.2 Å². The molecule has 0 radical (unpaired) electrons. The molecule has 0 unspecified atom stereocenters. The van der Waals surface area contributed by atoms with E-state index in [-0.39, 0.29) is 6.61 Å². The largest absolute Gasteiger partial charge is 0.472 e. The predicted octanol–water partition coefficient (Wildman–Crippen LogP) is 9.27. The highest BCUT2D eigenvalue weighted by Crippen LogP contribution is 2.30. The van der Waals surface area contributed by atoms with Gasteiger partial charge in [0.2, 0.25) is 5.88 Å². The van der Waals surface area contributed by atoms with Crippen LogP contribution in [0.25, 0.3) is 56.1 Å². The number of benzene rings is 4. The molecule has 0 aliphatic rings. The average Bonchev–Trinajstić information content (AvgIpc) is 3.17. The van der Waals surface area contributed by atoms with Crippen LogP contribution in [0, 0.1) is 32.6 Å². The summed E-state index contributed by atoms with van der Waals surface area (Å²) in [6.45, 7) is 6.38. The first-order valence-electron chi connectivity index (χ1n) is 16.7. The smallest absolute Gasteiger partial charge is 0.225 e. The van der Waals surface area contributed by atoms with E-state index in [1.165, 1.54) is 5.56 Å². The number of hydrogen-bond acceptors (Lipinski definition) is 7. The Morgan fingerprint density at radius 2 is 1.24 bits per heavy atom. The molecule has 0 spiro atoms. The molecular formula is C44H32N6O. The third-order valence-corrected chi connectivity index (χ3v) is 8.61. The standard InChI is InChI=1S/C44H32N6O/c1-28-20-21-29(2)36(24-28)39-18-11-19-40(47-39)42-49-38-17-10-8-15-35(38)44(50-42)51-27-32-25-33(23-22-31-12-5-4-6-13-31)46-41(26-32)43-45-30(3)34-14-7-9-16-37(34)48-43/h4-21,24-26H,27H2,1-3H3. The first-order valence-corrected chi connectivity index (χ1v) is 16.7. The number of para-hydroxylation sites is 2. The van der Waals surface area contributed by atoms with Crippen molar-refractivity contribution < 1.29 is 4.74 Å². The maximum Gasteiger partial charge on any atom is 0.225 e. The van der Waals surface area contributed by atoms with E-state index in [1.54, 1.807) is 0 Å². The van der Waals surface area contributed by atoms with Crippen molar-refractivity contribution in [3.8, 4) is 52.0 Å². The van der Waals surface area contributed by atoms with Crippen molar-refractivity contribution in [2.24, 2.45) is 0 Å². The fraction of sp³-hybridized carbons (Fsp3) is 0.0909. The fourth-order valence-corrected chi connectivity index (χ4v) is 6.00. The van der Waals surface area contributed by atoms with Crippen LogP contribution in [0.4, 0.5) is 0 Å². The van der Waals surface area contributed by atoms with Crippen molar-refractivity contribution in [3.63, 3.8) is 0 Å². The highest BCUT2D eigenvalue weighted by Gasteiger charge is 2.15. The maximum atomic E-state index is 6.52. The Kier molecular flexibility index (Phi) is 8.41. The molecule has 7 heteroatoms. The van der Waals surface area contributed by atoms with Crippen molar-refractivity contribution in [2.45, 2.75) is 27.4 Å². The van der Waals surface area contributed by atoms with Gasteiger partial charge in [0.15, 0.2) is 11.6 Å². The Balaban J connectivity index is 1.18. The van der Waals surface area contributed by atoms with E-state index >= 15 is 0 Å². The zero-order valence-corrected chi connectivity index (χ0v) is 28.4. The zero-order chi connectivity index (χ0) is 34.7. The van der Waals surface area contributed by atoms with Crippen molar-refractivity contribution in [3.05, 3.63) is 161 Å². The van der Waals surface area contributed by atoms with Crippen LogP contribution < -0.4 is 4.74 Å². The normalized spacial score (nSPS) is 11.0. The summed E-state index contributed by atoms with van der Waals surface area (Å²) in [7, 11) is 0. The second kappa shape index (κ2) is 13.6. The molecule has 8 rings (SSSR count). The van der Waals surface area contributed by atoms with E-state index in [0.717, 1.165) is 55.4 Å². The van der Waals surface area contributed by atoms with E-state index in [9.17, 15) is 0 Å². The molecule has 0 aliphatic heterocycles. The van der Waals surface area contributed by atoms with Crippen LogP contribution in [0.5, 0.6) is 5.88 Å². The molecule has 0 saturated carbocycles. The van der Waals surface area contributed by atoms with Gasteiger partial charge in [-0.25, -0.2) is 24.9 Å². The third kappa shape index (κ3) is 6.76. The number of nitrogens with zero attached hydrogens (tertiary/aromatic N) is 6. The minimum atomic E-state index is 0.207. The Morgan fingerprint density at radius 1 is 0.529 bits per heavy atom. The molecular weight excluding hydrogens is 629 g/mol. The van der Waals surface area contributed by atoms with E-state index in [0.29, 0.717) is 34.6 Å². The molecule has 4 aromatic carbocycles. The van der Waals surface area contributed by atoms with Crippen molar-refractivity contribution in [1.29, 1.82) is 0 Å². The summed E-state index contributed by atoms with van der Waals surface area (Å²) in [5.41, 5.74) is 10.4. The Bertz CT molecular complexity index is 2640. The monoisotopic (exact) mass is 660 g/mol. The number of ether oxygens (including phenoxy) is 1. The molecule has 4 aromatic heterocycles. The Morgan fingerprint density at radius 3 is 2.06 bits per heavy atom. The van der Waals surface area contributed by atoms with Crippen LogP contribution in [-0.4, -0.2) is 29.9 Å². The lowest BCUT2D eigenvalue weighted by molar-refractivity contribution is 0.298. The Hall–Kier alpha value is -6.78. The van der Waals surface area contributed by atoms with Gasteiger partial charge in [-0.05, 0) is 98.5 Å². The summed E-state index contributed by atoms with van der Waals surface area (Å²) < 4.78 is 6.52. The van der Waals surface area contributed by atoms with E-state index in [1.807, 2.05) is 116 Å². The SMILES string of the molecule is Cc1ccc(C)c(-c2cccc(-c3nc(OCc4cc(C#Cc5ccccc5)nc(-c5nc(C)c6ccccc6n5)c4)c4ccccc4n3)n2)c1. The van der Waals surface area contributed by atoms with Gasteiger partial charge in [-0.1, -0.05) is 78.2 Å². The average molecular weight is 661 g/mol. The van der Waals surface area contributed by atoms with Gasteiger partial charge in [-0.2, -0.15) is 4.98 Å². The molecule has 8 aromatic rings. The summed E-state index contributed by atoms with van der Waals surface area (Å²) in [5.74, 6) is 7.95. The van der Waals surface area contributed by atoms with Gasteiger partial charge in [-0.15, -0.1) is 0 Å². The molecule has 51 heavy (non-hydrogen) atoms. The van der Waals surface area contributed by atoms with Crippen molar-refractivity contribution >= 4 is 21.8 Å². The van der Waals surface area contributed by atoms with Crippen LogP contribution in [0.2, 0.25) is 0 Å².